The van der Waals surface area contributed by atoms with Crippen molar-refractivity contribution in [1.29, 1.82) is 0 Å². The predicted molar refractivity (Wildman–Crippen MR) is 199 cm³/mol. The molecule has 0 radical (unpaired) electrons. The molecule has 1 saturated carbocycles. The number of benzene rings is 3. The number of ether oxygens (including phenoxy) is 3. The second-order valence-corrected chi connectivity index (χ2v) is 15.7. The Morgan fingerprint density at radius 1 is 1.08 bits per heavy atom. The number of rotatable bonds is 10. The number of allylic oxidation sites excluding steroid dienone is 1. The molecular weight excluding hydrogens is 724 g/mol. The van der Waals surface area contributed by atoms with Crippen molar-refractivity contribution in [3.63, 3.8) is 0 Å². The van der Waals surface area contributed by atoms with E-state index in [2.05, 4.69) is 66.3 Å². The monoisotopic (exact) mass is 764 g/mol. The summed E-state index contributed by atoms with van der Waals surface area (Å²) in [5.74, 6) is 1.87. The van der Waals surface area contributed by atoms with Crippen molar-refractivity contribution in [2.45, 2.75) is 94.9 Å². The third kappa shape index (κ3) is 8.13. The van der Waals surface area contributed by atoms with Crippen molar-refractivity contribution < 1.29 is 19.0 Å². The molecule has 2 heterocycles. The molecule has 0 bridgehead atoms. The van der Waals surface area contributed by atoms with E-state index in [-0.39, 0.29) is 17.5 Å². The molecule has 1 N–H and O–H groups in total. The van der Waals surface area contributed by atoms with Gasteiger partial charge < -0.3 is 19.5 Å². The number of carbonyl (C=O) groups is 1. The number of aromatic nitrogens is 3. The molecule has 1 aromatic heterocycles. The molecular formula is C38H42BrClN4O4S. The smallest absolute Gasteiger partial charge is 0.338 e. The molecule has 1 atom stereocenters. The van der Waals surface area contributed by atoms with Crippen molar-refractivity contribution in [1.82, 2.24) is 14.8 Å². The third-order valence-electron chi connectivity index (χ3n) is 8.96. The summed E-state index contributed by atoms with van der Waals surface area (Å²) in [4.78, 5) is 18.8. The molecule has 1 aliphatic heterocycles. The molecule has 11 heteroatoms. The Balaban J connectivity index is 1.32. The largest absolute Gasteiger partial charge is 0.493 e. The summed E-state index contributed by atoms with van der Waals surface area (Å²) >= 11 is 11.7. The number of methoxy groups -OCH3 is 1. The lowest BCUT2D eigenvalue weighted by molar-refractivity contribution is -0.146. The molecule has 4 aromatic rings. The Bertz CT molecular complexity index is 1850. The number of esters is 1. The number of nitrogens with zero attached hydrogens (tertiary/aromatic N) is 3. The molecule has 1 unspecified atom stereocenters. The highest BCUT2D eigenvalue weighted by molar-refractivity contribution is 9.10. The molecule has 1 aliphatic carbocycles. The Morgan fingerprint density at radius 2 is 1.82 bits per heavy atom. The van der Waals surface area contributed by atoms with Crippen molar-refractivity contribution >= 4 is 51.2 Å². The topological polar surface area (TPSA) is 87.5 Å². The fourth-order valence-electron chi connectivity index (χ4n) is 6.21. The van der Waals surface area contributed by atoms with Gasteiger partial charge in [0, 0.05) is 16.5 Å². The molecule has 0 spiro atoms. The first-order valence-corrected chi connectivity index (χ1v) is 18.8. The molecule has 8 nitrogen and oxygen atoms in total. The van der Waals surface area contributed by atoms with E-state index < -0.39 is 6.04 Å². The summed E-state index contributed by atoms with van der Waals surface area (Å²) in [6.07, 6.45) is 4.93. The van der Waals surface area contributed by atoms with Crippen molar-refractivity contribution in [3.8, 4) is 11.5 Å². The van der Waals surface area contributed by atoms with Gasteiger partial charge in [-0.1, -0.05) is 93.0 Å². The lowest BCUT2D eigenvalue weighted by Gasteiger charge is -2.30. The number of anilines is 1. The fraction of sp³-hybridized carbons (Fsp3) is 0.395. The van der Waals surface area contributed by atoms with Crippen LogP contribution in [0.5, 0.6) is 11.5 Å². The van der Waals surface area contributed by atoms with Gasteiger partial charge in [-0.2, -0.15) is 4.98 Å². The minimum atomic E-state index is -0.626. The molecule has 49 heavy (non-hydrogen) atoms. The minimum absolute atomic E-state index is 0.0730. The van der Waals surface area contributed by atoms with Gasteiger partial charge in [-0.15, -0.1) is 5.10 Å². The zero-order valence-corrected chi connectivity index (χ0v) is 31.7. The van der Waals surface area contributed by atoms with Gasteiger partial charge in [-0.05, 0) is 94.4 Å². The highest BCUT2D eigenvalue weighted by Crippen LogP contribution is 2.44. The number of nitrogens with one attached hydrogen (secondary N) is 1. The molecule has 1 fully saturated rings. The number of fused-ring (bicyclic) bond motifs is 1. The van der Waals surface area contributed by atoms with E-state index in [1.54, 1.807) is 11.8 Å². The SMILES string of the molecule is COc1cc(C2C(C(=O)OC3CCCCC3)=C(C)Nc3nc(SCc4ccccc4Cl)nn32)cc(Br)c1OCc1ccc(C(C)(C)C)cc1. The van der Waals surface area contributed by atoms with E-state index in [9.17, 15) is 4.79 Å². The number of hydrogen-bond donors (Lipinski definition) is 1. The van der Waals surface area contributed by atoms with Crippen LogP contribution < -0.4 is 14.8 Å². The van der Waals surface area contributed by atoms with Crippen LogP contribution in [0.25, 0.3) is 0 Å². The van der Waals surface area contributed by atoms with Gasteiger partial charge >= 0.3 is 5.97 Å². The summed E-state index contributed by atoms with van der Waals surface area (Å²) in [6, 6.07) is 19.4. The first kappa shape index (κ1) is 35.4. The number of halogens is 2. The number of carbonyl (C=O) groups excluding carboxylic acids is 1. The Labute approximate surface area is 306 Å². The van der Waals surface area contributed by atoms with Crippen LogP contribution in [-0.4, -0.2) is 33.9 Å². The van der Waals surface area contributed by atoms with E-state index in [1.807, 2.05) is 43.3 Å². The van der Waals surface area contributed by atoms with E-state index in [4.69, 9.17) is 35.9 Å². The van der Waals surface area contributed by atoms with Crippen LogP contribution in [0.3, 0.4) is 0 Å². The summed E-state index contributed by atoms with van der Waals surface area (Å²) in [5.41, 5.74) is 5.30. The van der Waals surface area contributed by atoms with E-state index in [1.165, 1.54) is 23.7 Å². The van der Waals surface area contributed by atoms with E-state index in [0.29, 0.717) is 55.7 Å². The van der Waals surface area contributed by atoms with Gasteiger partial charge in [0.25, 0.3) is 0 Å². The molecule has 0 amide bonds. The highest BCUT2D eigenvalue weighted by atomic mass is 79.9. The lowest BCUT2D eigenvalue weighted by Crippen LogP contribution is -2.32. The van der Waals surface area contributed by atoms with Gasteiger partial charge in [0.05, 0.1) is 17.2 Å². The van der Waals surface area contributed by atoms with Gasteiger partial charge in [0.1, 0.15) is 18.8 Å². The zero-order chi connectivity index (χ0) is 34.7. The van der Waals surface area contributed by atoms with Gasteiger partial charge in [0.15, 0.2) is 11.5 Å². The summed E-state index contributed by atoms with van der Waals surface area (Å²) in [5, 5.41) is 9.49. The highest BCUT2D eigenvalue weighted by Gasteiger charge is 2.37. The molecule has 3 aromatic carbocycles. The number of thioether (sulfide) groups is 1. The summed E-state index contributed by atoms with van der Waals surface area (Å²) in [6.45, 7) is 8.85. The van der Waals surface area contributed by atoms with Gasteiger partial charge in [-0.3, -0.25) is 0 Å². The first-order valence-electron chi connectivity index (χ1n) is 16.6. The quantitative estimate of drug-likeness (QED) is 0.126. The second kappa shape index (κ2) is 15.2. The molecule has 6 rings (SSSR count). The van der Waals surface area contributed by atoms with Crippen LogP contribution in [0.2, 0.25) is 5.02 Å². The average molecular weight is 766 g/mol. The normalized spacial score (nSPS) is 16.6. The Hall–Kier alpha value is -3.47. The van der Waals surface area contributed by atoms with Gasteiger partial charge in [0.2, 0.25) is 11.1 Å². The van der Waals surface area contributed by atoms with Crippen LogP contribution in [0.4, 0.5) is 5.95 Å². The van der Waals surface area contributed by atoms with Crippen LogP contribution in [-0.2, 0) is 27.3 Å². The van der Waals surface area contributed by atoms with Crippen LogP contribution in [0.15, 0.2) is 81.6 Å². The Morgan fingerprint density at radius 3 is 2.51 bits per heavy atom. The molecule has 0 saturated heterocycles. The predicted octanol–water partition coefficient (Wildman–Crippen LogP) is 10.0. The van der Waals surface area contributed by atoms with Crippen LogP contribution >= 0.6 is 39.3 Å². The second-order valence-electron chi connectivity index (χ2n) is 13.5. The maximum atomic E-state index is 14.0. The molecule has 258 valence electrons. The first-order chi connectivity index (χ1) is 23.5. The minimum Gasteiger partial charge on any atom is -0.493 e. The van der Waals surface area contributed by atoms with Crippen molar-refractivity contribution in [2.75, 3.05) is 12.4 Å². The third-order valence-corrected chi connectivity index (χ3v) is 10.8. The maximum Gasteiger partial charge on any atom is 0.338 e. The average Bonchev–Trinajstić information content (AvgIpc) is 3.48. The summed E-state index contributed by atoms with van der Waals surface area (Å²) < 4.78 is 20.8. The lowest BCUT2D eigenvalue weighted by atomic mass is 9.87. The van der Waals surface area contributed by atoms with Gasteiger partial charge in [-0.25, -0.2) is 9.48 Å². The number of hydrogen-bond acceptors (Lipinski definition) is 8. The van der Waals surface area contributed by atoms with Crippen LogP contribution in [0, 0.1) is 0 Å². The molecule has 2 aliphatic rings. The summed E-state index contributed by atoms with van der Waals surface area (Å²) in [7, 11) is 1.61. The maximum absolute atomic E-state index is 14.0. The van der Waals surface area contributed by atoms with Crippen molar-refractivity contribution in [3.05, 3.63) is 104 Å². The van der Waals surface area contributed by atoms with E-state index in [0.717, 1.165) is 42.4 Å². The zero-order valence-electron chi connectivity index (χ0n) is 28.5. The Kier molecular flexibility index (Phi) is 11.0. The fourth-order valence-corrected chi connectivity index (χ4v) is 7.90. The van der Waals surface area contributed by atoms with Crippen molar-refractivity contribution in [2.24, 2.45) is 0 Å². The van der Waals surface area contributed by atoms with Crippen LogP contribution in [0.1, 0.15) is 88.1 Å². The van der Waals surface area contributed by atoms with E-state index >= 15 is 0 Å². The standard InChI is InChI=1S/C38H42BrClN4O4S/c1-23-32(35(45)48-28-12-7-6-8-13-28)33(44-36(41-23)42-37(43-44)49-22-25-11-9-10-14-30(25)40)26-19-29(39)34(31(20-26)46-5)47-21-24-15-17-27(18-16-24)38(2,3)4/h9-11,14-20,28,33H,6-8,12-13,21-22H2,1-5H3,(H,41,42,43).